The third-order valence-electron chi connectivity index (χ3n) is 6.60. The molecule has 5 rings (SSSR count). The van der Waals surface area contributed by atoms with Crippen LogP contribution in [0, 0.1) is 5.92 Å². The summed E-state index contributed by atoms with van der Waals surface area (Å²) in [5.41, 5.74) is 2.83. The van der Waals surface area contributed by atoms with Crippen LogP contribution in [-0.4, -0.2) is 47.3 Å². The molecule has 2 bridgehead atoms. The minimum Gasteiger partial charge on any atom is -0.322 e. The van der Waals surface area contributed by atoms with Crippen LogP contribution in [0.4, 0.5) is 0 Å². The molecule has 27 heavy (non-hydrogen) atoms. The number of hydrogen-bond donors (Lipinski definition) is 3. The minimum absolute atomic E-state index is 0.106. The topological polar surface area (TPSA) is 90.5 Å². The molecule has 1 aromatic carbocycles. The molecular formula is C20H24N4O3. The summed E-state index contributed by atoms with van der Waals surface area (Å²) in [7, 11) is 0. The predicted molar refractivity (Wildman–Crippen MR) is 97.6 cm³/mol. The number of hydrogen-bond acceptors (Lipinski definition) is 5. The number of benzene rings is 1. The maximum Gasteiger partial charge on any atom is 0.255 e. The molecule has 3 heterocycles. The summed E-state index contributed by atoms with van der Waals surface area (Å²) in [6.07, 6.45) is 3.10. The molecule has 1 aromatic rings. The van der Waals surface area contributed by atoms with Gasteiger partial charge in [-0.15, -0.1) is 0 Å². The zero-order valence-corrected chi connectivity index (χ0v) is 15.2. The van der Waals surface area contributed by atoms with Gasteiger partial charge in [0.25, 0.3) is 5.91 Å². The van der Waals surface area contributed by atoms with Gasteiger partial charge in [0.1, 0.15) is 6.04 Å². The van der Waals surface area contributed by atoms with Crippen LogP contribution in [0.1, 0.15) is 47.2 Å². The van der Waals surface area contributed by atoms with Crippen molar-refractivity contribution in [2.45, 2.75) is 56.9 Å². The highest BCUT2D eigenvalue weighted by molar-refractivity contribution is 6.05. The molecule has 0 aromatic heterocycles. The fourth-order valence-corrected chi connectivity index (χ4v) is 5.14. The average Bonchev–Trinajstić information content (AvgIpc) is 3.35. The molecule has 7 heteroatoms. The zero-order chi connectivity index (χ0) is 18.5. The van der Waals surface area contributed by atoms with E-state index in [2.05, 4.69) is 22.0 Å². The van der Waals surface area contributed by atoms with Crippen molar-refractivity contribution < 1.29 is 14.4 Å². The van der Waals surface area contributed by atoms with Crippen molar-refractivity contribution >= 4 is 17.7 Å². The number of nitrogens with one attached hydrogen (secondary N) is 3. The Balaban J connectivity index is 1.31. The molecule has 1 aliphatic carbocycles. The summed E-state index contributed by atoms with van der Waals surface area (Å²) >= 11 is 0. The number of nitrogens with zero attached hydrogens (tertiary/aromatic N) is 1. The summed E-state index contributed by atoms with van der Waals surface area (Å²) in [4.78, 5) is 38.1. The van der Waals surface area contributed by atoms with E-state index in [1.807, 2.05) is 12.1 Å². The summed E-state index contributed by atoms with van der Waals surface area (Å²) in [6, 6.07) is 6.46. The van der Waals surface area contributed by atoms with Crippen molar-refractivity contribution in [1.29, 1.82) is 0 Å². The van der Waals surface area contributed by atoms with E-state index in [9.17, 15) is 14.4 Å². The molecule has 142 valence electrons. The van der Waals surface area contributed by atoms with E-state index in [1.54, 1.807) is 4.90 Å². The van der Waals surface area contributed by atoms with Crippen LogP contribution in [0.25, 0.3) is 0 Å². The number of carbonyl (C=O) groups is 3. The SMILES string of the molecule is O=C1CCC(N2Cc3c(CNC4CC5CC4CN5)cccc3C2=O)C(=O)N1. The Morgan fingerprint density at radius 1 is 1.19 bits per heavy atom. The zero-order valence-electron chi connectivity index (χ0n) is 15.2. The molecule has 4 unspecified atom stereocenters. The Morgan fingerprint density at radius 3 is 2.81 bits per heavy atom. The molecule has 0 spiro atoms. The number of fused-ring (bicyclic) bond motifs is 3. The Kier molecular flexibility index (Phi) is 4.02. The largest absolute Gasteiger partial charge is 0.322 e. The summed E-state index contributed by atoms with van der Waals surface area (Å²) in [5, 5.41) is 9.57. The smallest absolute Gasteiger partial charge is 0.255 e. The van der Waals surface area contributed by atoms with E-state index in [4.69, 9.17) is 0 Å². The first-order valence-corrected chi connectivity index (χ1v) is 9.82. The van der Waals surface area contributed by atoms with Gasteiger partial charge in [-0.05, 0) is 48.9 Å². The molecule has 2 saturated heterocycles. The van der Waals surface area contributed by atoms with E-state index in [0.29, 0.717) is 36.5 Å². The lowest BCUT2D eigenvalue weighted by molar-refractivity contribution is -0.136. The molecular weight excluding hydrogens is 344 g/mol. The number of piperidine rings is 2. The van der Waals surface area contributed by atoms with Gasteiger partial charge in [-0.2, -0.15) is 0 Å². The van der Waals surface area contributed by atoms with Crippen LogP contribution < -0.4 is 16.0 Å². The number of amides is 3. The van der Waals surface area contributed by atoms with Crippen LogP contribution in [0.15, 0.2) is 18.2 Å². The lowest BCUT2D eigenvalue weighted by Crippen LogP contribution is -2.52. The van der Waals surface area contributed by atoms with Crippen LogP contribution in [0.3, 0.4) is 0 Å². The van der Waals surface area contributed by atoms with Crippen molar-refractivity contribution in [2.75, 3.05) is 6.54 Å². The van der Waals surface area contributed by atoms with Gasteiger partial charge in [0.05, 0.1) is 0 Å². The second-order valence-corrected chi connectivity index (χ2v) is 8.17. The van der Waals surface area contributed by atoms with E-state index in [0.717, 1.165) is 24.2 Å². The quantitative estimate of drug-likeness (QED) is 0.665. The molecule has 4 atom stereocenters. The van der Waals surface area contributed by atoms with Crippen molar-refractivity contribution in [2.24, 2.45) is 5.92 Å². The number of carbonyl (C=O) groups excluding carboxylic acids is 3. The summed E-state index contributed by atoms with van der Waals surface area (Å²) in [6.45, 7) is 2.28. The van der Waals surface area contributed by atoms with Crippen molar-refractivity contribution in [1.82, 2.24) is 20.9 Å². The first-order chi connectivity index (χ1) is 13.1. The maximum atomic E-state index is 12.9. The fourth-order valence-electron chi connectivity index (χ4n) is 5.14. The minimum atomic E-state index is -0.556. The summed E-state index contributed by atoms with van der Waals surface area (Å²) < 4.78 is 0. The Bertz CT molecular complexity index is 823. The molecule has 0 radical (unpaired) electrons. The normalized spacial score (nSPS) is 32.1. The molecule has 7 nitrogen and oxygen atoms in total. The first kappa shape index (κ1) is 16.9. The second-order valence-electron chi connectivity index (χ2n) is 8.17. The molecule has 1 saturated carbocycles. The lowest BCUT2D eigenvalue weighted by Gasteiger charge is -2.29. The highest BCUT2D eigenvalue weighted by atomic mass is 16.2. The van der Waals surface area contributed by atoms with Gasteiger partial charge >= 0.3 is 0 Å². The van der Waals surface area contributed by atoms with Gasteiger partial charge in [-0.1, -0.05) is 12.1 Å². The van der Waals surface area contributed by atoms with Crippen LogP contribution in [-0.2, 0) is 22.7 Å². The van der Waals surface area contributed by atoms with E-state index >= 15 is 0 Å². The van der Waals surface area contributed by atoms with Crippen LogP contribution in [0.5, 0.6) is 0 Å². The van der Waals surface area contributed by atoms with Crippen molar-refractivity contribution in [3.63, 3.8) is 0 Å². The molecule has 3 N–H and O–H groups in total. The van der Waals surface area contributed by atoms with Crippen LogP contribution >= 0.6 is 0 Å². The number of rotatable bonds is 4. The van der Waals surface area contributed by atoms with Crippen molar-refractivity contribution in [3.05, 3.63) is 34.9 Å². The lowest BCUT2D eigenvalue weighted by atomic mass is 10.0. The average molecular weight is 368 g/mol. The molecule has 3 amide bonds. The molecule has 3 aliphatic heterocycles. The fraction of sp³-hybridized carbons (Fsp3) is 0.550. The Hall–Kier alpha value is -2.25. The third-order valence-corrected chi connectivity index (χ3v) is 6.60. The van der Waals surface area contributed by atoms with Gasteiger partial charge in [0.15, 0.2) is 0 Å². The van der Waals surface area contributed by atoms with E-state index < -0.39 is 6.04 Å². The van der Waals surface area contributed by atoms with Gasteiger partial charge < -0.3 is 15.5 Å². The number of imide groups is 1. The Morgan fingerprint density at radius 2 is 2.07 bits per heavy atom. The summed E-state index contributed by atoms with van der Waals surface area (Å²) in [5.74, 6) is -0.0222. The monoisotopic (exact) mass is 368 g/mol. The maximum absolute atomic E-state index is 12.9. The molecule has 4 aliphatic rings. The predicted octanol–water partition coefficient (Wildman–Crippen LogP) is 0.288. The molecule has 3 fully saturated rings. The second kappa shape index (κ2) is 6.42. The van der Waals surface area contributed by atoms with Crippen LogP contribution in [0.2, 0.25) is 0 Å². The highest BCUT2D eigenvalue weighted by Gasteiger charge is 2.41. The van der Waals surface area contributed by atoms with E-state index in [-0.39, 0.29) is 24.1 Å². The van der Waals surface area contributed by atoms with Gasteiger partial charge in [-0.25, -0.2) is 0 Å². The van der Waals surface area contributed by atoms with Crippen molar-refractivity contribution in [3.8, 4) is 0 Å². The standard InChI is InChI=1S/C20H24N4O3/c25-18-5-4-17(19(26)23-18)24-10-15-11(2-1-3-14(15)20(24)27)8-22-16-7-13-6-12(16)9-21-13/h1-3,12-13,16-17,21-22H,4-10H2,(H,23,25,26). The van der Waals surface area contributed by atoms with Gasteiger partial charge in [-0.3, -0.25) is 19.7 Å². The van der Waals surface area contributed by atoms with Gasteiger partial charge in [0.2, 0.25) is 11.8 Å². The third kappa shape index (κ3) is 2.85. The Labute approximate surface area is 157 Å². The van der Waals surface area contributed by atoms with Gasteiger partial charge in [0, 0.05) is 37.2 Å². The first-order valence-electron chi connectivity index (χ1n) is 9.82. The highest BCUT2D eigenvalue weighted by Crippen LogP contribution is 2.33. The van der Waals surface area contributed by atoms with E-state index in [1.165, 1.54) is 12.8 Å².